The van der Waals surface area contributed by atoms with Crippen molar-refractivity contribution in [3.63, 3.8) is 0 Å². The molecule has 5 heteroatoms. The van der Waals surface area contributed by atoms with E-state index < -0.39 is 5.97 Å². The number of carbonyl (C=O) groups is 1. The van der Waals surface area contributed by atoms with E-state index in [0.717, 1.165) is 27.6 Å². The Morgan fingerprint density at radius 1 is 0.871 bits per heavy atom. The first-order chi connectivity index (χ1) is 15.0. The van der Waals surface area contributed by atoms with E-state index in [1.807, 2.05) is 66.7 Å². The molecule has 0 spiro atoms. The maximum absolute atomic E-state index is 12.0. The van der Waals surface area contributed by atoms with Gasteiger partial charge in [-0.15, -0.1) is 0 Å². The SMILES string of the molecule is CC(C)c1ccc2nc(-c3ccc4noc(-c5ccccc5)c4c3)cc(C(=O)O)c2c1. The van der Waals surface area contributed by atoms with Gasteiger partial charge in [0.2, 0.25) is 0 Å². The molecule has 1 N–H and O–H groups in total. The van der Waals surface area contributed by atoms with Crippen LogP contribution >= 0.6 is 0 Å². The first-order valence-electron chi connectivity index (χ1n) is 10.1. The number of aromatic nitrogens is 2. The molecule has 152 valence electrons. The van der Waals surface area contributed by atoms with Crippen LogP contribution in [0.5, 0.6) is 0 Å². The number of fused-ring (bicyclic) bond motifs is 2. The molecule has 0 saturated carbocycles. The first-order valence-corrected chi connectivity index (χ1v) is 10.1. The summed E-state index contributed by atoms with van der Waals surface area (Å²) in [5, 5.41) is 15.5. The zero-order chi connectivity index (χ0) is 21.5. The summed E-state index contributed by atoms with van der Waals surface area (Å²) in [5.41, 5.74) is 5.08. The highest BCUT2D eigenvalue weighted by Gasteiger charge is 2.16. The van der Waals surface area contributed by atoms with Crippen molar-refractivity contribution < 1.29 is 14.4 Å². The number of carboxylic acid groups (broad SMARTS) is 1. The molecule has 5 aromatic rings. The van der Waals surface area contributed by atoms with E-state index in [-0.39, 0.29) is 5.56 Å². The molecule has 0 bridgehead atoms. The van der Waals surface area contributed by atoms with Crippen molar-refractivity contribution in [1.82, 2.24) is 10.1 Å². The number of benzene rings is 3. The van der Waals surface area contributed by atoms with E-state index in [2.05, 4.69) is 19.0 Å². The minimum absolute atomic E-state index is 0.246. The first kappa shape index (κ1) is 19.0. The van der Waals surface area contributed by atoms with Gasteiger partial charge >= 0.3 is 5.97 Å². The van der Waals surface area contributed by atoms with Crippen LogP contribution in [0, 0.1) is 0 Å². The van der Waals surface area contributed by atoms with Gasteiger partial charge in [-0.2, -0.15) is 0 Å². The molecule has 0 atom stereocenters. The normalized spacial score (nSPS) is 11.5. The molecule has 0 fully saturated rings. The summed E-state index contributed by atoms with van der Waals surface area (Å²) in [5.74, 6) is 0.0157. The Labute approximate surface area is 179 Å². The number of hydrogen-bond donors (Lipinski definition) is 1. The van der Waals surface area contributed by atoms with Crippen LogP contribution in [0.4, 0.5) is 0 Å². The largest absolute Gasteiger partial charge is 0.478 e. The lowest BCUT2D eigenvalue weighted by molar-refractivity contribution is 0.0699. The summed E-state index contributed by atoms with van der Waals surface area (Å²) in [4.78, 5) is 16.8. The van der Waals surface area contributed by atoms with Gasteiger partial charge in [0.05, 0.1) is 22.2 Å². The molecule has 0 radical (unpaired) electrons. The smallest absolute Gasteiger partial charge is 0.336 e. The van der Waals surface area contributed by atoms with Crippen LogP contribution in [-0.2, 0) is 0 Å². The van der Waals surface area contributed by atoms with E-state index in [1.165, 1.54) is 0 Å². The Morgan fingerprint density at radius 2 is 1.65 bits per heavy atom. The van der Waals surface area contributed by atoms with Crippen molar-refractivity contribution in [3.8, 4) is 22.6 Å². The van der Waals surface area contributed by atoms with Crippen molar-refractivity contribution in [3.05, 3.63) is 83.9 Å². The highest BCUT2D eigenvalue weighted by atomic mass is 16.5. The predicted molar refractivity (Wildman–Crippen MR) is 121 cm³/mol. The zero-order valence-corrected chi connectivity index (χ0v) is 17.2. The number of carboxylic acids is 1. The summed E-state index contributed by atoms with van der Waals surface area (Å²) in [6, 6.07) is 23.0. The minimum atomic E-state index is -0.967. The highest BCUT2D eigenvalue weighted by Crippen LogP contribution is 2.33. The predicted octanol–water partition coefficient (Wildman–Crippen LogP) is 6.53. The maximum atomic E-state index is 12.0. The lowest BCUT2D eigenvalue weighted by Gasteiger charge is -2.11. The van der Waals surface area contributed by atoms with E-state index in [4.69, 9.17) is 9.51 Å². The van der Waals surface area contributed by atoms with Crippen molar-refractivity contribution in [2.24, 2.45) is 0 Å². The molecule has 0 aliphatic rings. The molecule has 2 aromatic heterocycles. The topological polar surface area (TPSA) is 76.2 Å². The van der Waals surface area contributed by atoms with Crippen LogP contribution in [0.2, 0.25) is 0 Å². The number of aromatic carboxylic acids is 1. The molecule has 5 rings (SSSR count). The van der Waals surface area contributed by atoms with Crippen LogP contribution in [0.1, 0.15) is 35.7 Å². The third-order valence-corrected chi connectivity index (χ3v) is 5.54. The van der Waals surface area contributed by atoms with Gasteiger partial charge in [-0.05, 0) is 41.8 Å². The fourth-order valence-electron chi connectivity index (χ4n) is 3.83. The van der Waals surface area contributed by atoms with Crippen molar-refractivity contribution in [1.29, 1.82) is 0 Å². The number of hydrogen-bond acceptors (Lipinski definition) is 4. The number of nitrogens with zero attached hydrogens (tertiary/aromatic N) is 2. The molecule has 2 heterocycles. The van der Waals surface area contributed by atoms with E-state index in [0.29, 0.717) is 28.3 Å². The second kappa shape index (κ2) is 7.36. The monoisotopic (exact) mass is 408 g/mol. The van der Waals surface area contributed by atoms with Gasteiger partial charge in [0.1, 0.15) is 5.52 Å². The molecule has 0 aliphatic heterocycles. The molecule has 0 aliphatic carbocycles. The van der Waals surface area contributed by atoms with E-state index in [1.54, 1.807) is 6.07 Å². The Hall–Kier alpha value is -3.99. The summed E-state index contributed by atoms with van der Waals surface area (Å²) in [6.45, 7) is 4.17. The van der Waals surface area contributed by atoms with Gasteiger partial charge in [0, 0.05) is 16.5 Å². The minimum Gasteiger partial charge on any atom is -0.478 e. The lowest BCUT2D eigenvalue weighted by Crippen LogP contribution is -2.01. The molecule has 5 nitrogen and oxygen atoms in total. The fourth-order valence-corrected chi connectivity index (χ4v) is 3.83. The molecular formula is C26H20N2O3. The van der Waals surface area contributed by atoms with Crippen molar-refractivity contribution >= 4 is 27.8 Å². The van der Waals surface area contributed by atoms with Crippen LogP contribution in [0.25, 0.3) is 44.4 Å². The maximum Gasteiger partial charge on any atom is 0.336 e. The third-order valence-electron chi connectivity index (χ3n) is 5.54. The van der Waals surface area contributed by atoms with E-state index >= 15 is 0 Å². The Bertz CT molecular complexity index is 1440. The summed E-state index contributed by atoms with van der Waals surface area (Å²) >= 11 is 0. The van der Waals surface area contributed by atoms with Gasteiger partial charge < -0.3 is 9.63 Å². The average molecular weight is 408 g/mol. The molecule has 0 amide bonds. The molecule has 0 unspecified atom stereocenters. The average Bonchev–Trinajstić information content (AvgIpc) is 3.21. The number of rotatable bonds is 4. The summed E-state index contributed by atoms with van der Waals surface area (Å²) in [7, 11) is 0. The summed E-state index contributed by atoms with van der Waals surface area (Å²) < 4.78 is 5.60. The fraction of sp³-hybridized carbons (Fsp3) is 0.115. The Balaban J connectivity index is 1.70. The molecule has 3 aromatic carbocycles. The van der Waals surface area contributed by atoms with Gasteiger partial charge in [-0.3, -0.25) is 0 Å². The second-order valence-electron chi connectivity index (χ2n) is 7.90. The van der Waals surface area contributed by atoms with E-state index in [9.17, 15) is 9.90 Å². The number of pyridine rings is 1. The molecule has 31 heavy (non-hydrogen) atoms. The van der Waals surface area contributed by atoms with Crippen LogP contribution < -0.4 is 0 Å². The molecule has 0 saturated heterocycles. The third kappa shape index (κ3) is 3.34. The standard InChI is InChI=1S/C26H20N2O3/c1-15(2)17-8-10-22-19(12-17)20(26(29)30)14-24(27-22)18-9-11-23-21(13-18)25(31-28-23)16-6-4-3-5-7-16/h3-15H,1-2H3,(H,29,30). The summed E-state index contributed by atoms with van der Waals surface area (Å²) in [6.07, 6.45) is 0. The highest BCUT2D eigenvalue weighted by molar-refractivity contribution is 6.04. The van der Waals surface area contributed by atoms with Crippen molar-refractivity contribution in [2.45, 2.75) is 19.8 Å². The Morgan fingerprint density at radius 3 is 2.39 bits per heavy atom. The van der Waals surface area contributed by atoms with Gasteiger partial charge in [-0.1, -0.05) is 61.5 Å². The van der Waals surface area contributed by atoms with Crippen LogP contribution in [0.15, 0.2) is 77.3 Å². The van der Waals surface area contributed by atoms with Crippen LogP contribution in [-0.4, -0.2) is 21.2 Å². The molecular weight excluding hydrogens is 388 g/mol. The van der Waals surface area contributed by atoms with Gasteiger partial charge in [-0.25, -0.2) is 9.78 Å². The Kier molecular flexibility index (Phi) is 4.51. The quantitative estimate of drug-likeness (QED) is 0.366. The second-order valence-corrected chi connectivity index (χ2v) is 7.90. The van der Waals surface area contributed by atoms with Crippen molar-refractivity contribution in [2.75, 3.05) is 0 Å². The van der Waals surface area contributed by atoms with Gasteiger partial charge in [0.15, 0.2) is 5.76 Å². The lowest BCUT2D eigenvalue weighted by atomic mass is 9.97. The van der Waals surface area contributed by atoms with Gasteiger partial charge in [0.25, 0.3) is 0 Å². The zero-order valence-electron chi connectivity index (χ0n) is 17.2. The van der Waals surface area contributed by atoms with Crippen LogP contribution in [0.3, 0.4) is 0 Å².